The molecule has 10 heavy (non-hydrogen) atoms. The zero-order valence-electron chi connectivity index (χ0n) is 7.29. The summed E-state index contributed by atoms with van der Waals surface area (Å²) in [6, 6.07) is -0.0880. The Kier molecular flexibility index (Phi) is 11.9. The van der Waals surface area contributed by atoms with E-state index >= 15 is 0 Å². The molecule has 0 bridgehead atoms. The first kappa shape index (κ1) is 14.0. The fraction of sp³-hybridized carbons (Fsp3) is 0.857. The molecular weight excluding hydrogens is 200 g/mol. The topological polar surface area (TPSA) is 31.2 Å². The van der Waals surface area contributed by atoms with Crippen molar-refractivity contribution in [2.75, 3.05) is 7.05 Å². The fourth-order valence-corrected chi connectivity index (χ4v) is 0.691. The van der Waals surface area contributed by atoms with Gasteiger partial charge in [0.2, 0.25) is 0 Å². The third kappa shape index (κ3) is 5.13. The Morgan fingerprint density at radius 2 is 2.10 bits per heavy atom. The van der Waals surface area contributed by atoms with Gasteiger partial charge in [-0.25, -0.2) is 0 Å². The third-order valence-electron chi connectivity index (χ3n) is 1.66. The zero-order chi connectivity index (χ0) is 7.28. The van der Waals surface area contributed by atoms with Crippen molar-refractivity contribution in [3.63, 3.8) is 0 Å². The van der Waals surface area contributed by atoms with Crippen molar-refractivity contribution < 1.29 is 63.0 Å². The van der Waals surface area contributed by atoms with Gasteiger partial charge in [0.15, 0.2) is 0 Å². The Labute approximate surface area is 112 Å². The molecule has 3 heteroatoms. The molecule has 0 spiro atoms. The van der Waals surface area contributed by atoms with E-state index in [1.54, 1.807) is 7.05 Å². The fourth-order valence-electron chi connectivity index (χ4n) is 0.691. The molecule has 0 N–H and O–H groups in total. The van der Waals surface area contributed by atoms with Crippen LogP contribution in [0.5, 0.6) is 0 Å². The SMILES string of the molecule is CCC(C)C(C=O)[N-]C.[Rb+]. The number of likely N-dealkylation sites (N-methyl/N-ethyl adjacent to an activating group) is 1. The normalized spacial score (nSPS) is 15.1. The molecule has 0 amide bonds. The standard InChI is InChI=1S/C7H14NO.Rb/c1-4-6(2)7(5-9)8-3;/h5-7H,4H2,1-3H3;/q-1;+1. The molecule has 2 nitrogen and oxygen atoms in total. The van der Waals surface area contributed by atoms with Gasteiger partial charge in [0.25, 0.3) is 0 Å². The van der Waals surface area contributed by atoms with Gasteiger partial charge in [-0.3, -0.25) is 0 Å². The molecular formula is C7H14NORb. The summed E-state index contributed by atoms with van der Waals surface area (Å²) in [5.41, 5.74) is 0. The first-order chi connectivity index (χ1) is 4.26. The van der Waals surface area contributed by atoms with Crippen molar-refractivity contribution in [1.29, 1.82) is 0 Å². The van der Waals surface area contributed by atoms with E-state index in [1.807, 2.05) is 6.92 Å². The molecule has 0 fully saturated rings. The zero-order valence-corrected chi connectivity index (χ0v) is 12.2. The second kappa shape index (κ2) is 8.53. The number of carbonyl (C=O) groups is 1. The first-order valence-electron chi connectivity index (χ1n) is 3.30. The molecule has 0 aromatic rings. The molecule has 0 aliphatic heterocycles. The van der Waals surface area contributed by atoms with Gasteiger partial charge in [-0.1, -0.05) is 32.2 Å². The predicted molar refractivity (Wildman–Crippen MR) is 38.6 cm³/mol. The minimum atomic E-state index is -0.0880. The molecule has 54 valence electrons. The van der Waals surface area contributed by atoms with Crippen molar-refractivity contribution >= 4 is 6.29 Å². The molecule has 0 saturated carbocycles. The number of rotatable bonds is 4. The van der Waals surface area contributed by atoms with E-state index in [4.69, 9.17) is 0 Å². The second-order valence-electron chi connectivity index (χ2n) is 2.27. The maximum atomic E-state index is 10.2. The summed E-state index contributed by atoms with van der Waals surface area (Å²) >= 11 is 0. The largest absolute Gasteiger partial charge is 1.00 e. The molecule has 0 aromatic heterocycles. The van der Waals surface area contributed by atoms with Gasteiger partial charge in [-0.2, -0.15) is 7.05 Å². The number of hydrogen-bond donors (Lipinski definition) is 0. The van der Waals surface area contributed by atoms with Gasteiger partial charge < -0.3 is 10.1 Å². The van der Waals surface area contributed by atoms with Crippen LogP contribution < -0.4 is 58.2 Å². The van der Waals surface area contributed by atoms with Crippen LogP contribution in [0.2, 0.25) is 0 Å². The van der Waals surface area contributed by atoms with Crippen LogP contribution in [0.25, 0.3) is 5.32 Å². The smallest absolute Gasteiger partial charge is 0.656 e. The van der Waals surface area contributed by atoms with Crippen LogP contribution >= 0.6 is 0 Å². The van der Waals surface area contributed by atoms with Crippen LogP contribution in [0.15, 0.2) is 0 Å². The number of nitrogens with zero attached hydrogens (tertiary/aromatic N) is 1. The number of aldehydes is 1. The molecule has 0 saturated heterocycles. The Morgan fingerprint density at radius 1 is 1.60 bits per heavy atom. The van der Waals surface area contributed by atoms with Crippen molar-refractivity contribution in [2.45, 2.75) is 26.3 Å². The van der Waals surface area contributed by atoms with Crippen molar-refractivity contribution in [3.05, 3.63) is 5.32 Å². The Morgan fingerprint density at radius 3 is 2.20 bits per heavy atom. The second-order valence-corrected chi connectivity index (χ2v) is 2.27. The van der Waals surface area contributed by atoms with E-state index in [1.165, 1.54) is 0 Å². The molecule has 0 aromatic carbocycles. The average Bonchev–Trinajstić information content (AvgIpc) is 1.90. The van der Waals surface area contributed by atoms with E-state index < -0.39 is 0 Å². The van der Waals surface area contributed by atoms with Gasteiger partial charge in [0.1, 0.15) is 6.29 Å². The van der Waals surface area contributed by atoms with Crippen LogP contribution in [-0.4, -0.2) is 19.4 Å². The molecule has 0 aliphatic carbocycles. The van der Waals surface area contributed by atoms with Crippen LogP contribution in [0, 0.1) is 5.92 Å². The van der Waals surface area contributed by atoms with Crippen LogP contribution in [0.3, 0.4) is 0 Å². The van der Waals surface area contributed by atoms with Gasteiger partial charge in [0.05, 0.1) is 0 Å². The Bertz CT molecular complexity index is 87.7. The van der Waals surface area contributed by atoms with Gasteiger partial charge >= 0.3 is 58.2 Å². The summed E-state index contributed by atoms with van der Waals surface area (Å²) in [5, 5.41) is 3.91. The van der Waals surface area contributed by atoms with Crippen molar-refractivity contribution in [1.82, 2.24) is 0 Å². The van der Waals surface area contributed by atoms with E-state index in [2.05, 4.69) is 12.2 Å². The minimum absolute atomic E-state index is 0. The molecule has 2 atom stereocenters. The molecule has 0 radical (unpaired) electrons. The number of carbonyl (C=O) groups excluding carboxylic acids is 1. The molecule has 0 aliphatic rings. The monoisotopic (exact) mass is 213 g/mol. The maximum Gasteiger partial charge on any atom is 1.00 e. The summed E-state index contributed by atoms with van der Waals surface area (Å²) < 4.78 is 0. The predicted octanol–water partition coefficient (Wildman–Crippen LogP) is -1.39. The van der Waals surface area contributed by atoms with E-state index in [0.29, 0.717) is 5.92 Å². The summed E-state index contributed by atoms with van der Waals surface area (Å²) in [6.07, 6.45) is 1.93. The summed E-state index contributed by atoms with van der Waals surface area (Å²) in [6.45, 7) is 4.10. The third-order valence-corrected chi connectivity index (χ3v) is 1.66. The van der Waals surface area contributed by atoms with Crippen LogP contribution in [0.1, 0.15) is 20.3 Å². The van der Waals surface area contributed by atoms with Gasteiger partial charge in [-0.05, 0) is 0 Å². The summed E-state index contributed by atoms with van der Waals surface area (Å²) in [7, 11) is 1.69. The first-order valence-corrected chi connectivity index (χ1v) is 3.30. The summed E-state index contributed by atoms with van der Waals surface area (Å²) in [4.78, 5) is 10.2. The van der Waals surface area contributed by atoms with E-state index in [0.717, 1.165) is 12.7 Å². The van der Waals surface area contributed by atoms with Crippen LogP contribution in [-0.2, 0) is 4.79 Å². The van der Waals surface area contributed by atoms with Crippen molar-refractivity contribution in [3.8, 4) is 0 Å². The molecule has 0 rings (SSSR count). The summed E-state index contributed by atoms with van der Waals surface area (Å²) in [5.74, 6) is 0.396. The average molecular weight is 214 g/mol. The van der Waals surface area contributed by atoms with E-state index in [-0.39, 0.29) is 64.2 Å². The minimum Gasteiger partial charge on any atom is -0.656 e. The molecule has 2 unspecified atom stereocenters. The number of hydrogen-bond acceptors (Lipinski definition) is 1. The molecule has 0 heterocycles. The van der Waals surface area contributed by atoms with Crippen LogP contribution in [0.4, 0.5) is 0 Å². The quantitative estimate of drug-likeness (QED) is 0.529. The van der Waals surface area contributed by atoms with Crippen molar-refractivity contribution in [2.24, 2.45) is 5.92 Å². The van der Waals surface area contributed by atoms with E-state index in [9.17, 15) is 4.79 Å². The van der Waals surface area contributed by atoms with Gasteiger partial charge in [0, 0.05) is 0 Å². The van der Waals surface area contributed by atoms with Gasteiger partial charge in [-0.15, -0.1) is 0 Å². The Balaban J connectivity index is 0. The maximum absolute atomic E-state index is 10.2. The Hall–Kier alpha value is 1.44.